The van der Waals surface area contributed by atoms with Gasteiger partial charge in [-0.3, -0.25) is 4.79 Å². The zero-order valence-corrected chi connectivity index (χ0v) is 11.0. The van der Waals surface area contributed by atoms with Crippen LogP contribution in [0.2, 0.25) is 0 Å². The quantitative estimate of drug-likeness (QED) is 0.930. The van der Waals surface area contributed by atoms with E-state index in [2.05, 4.69) is 0 Å². The lowest BCUT2D eigenvalue weighted by Gasteiger charge is -2.17. The van der Waals surface area contributed by atoms with E-state index in [1.165, 1.54) is 11.6 Å². The summed E-state index contributed by atoms with van der Waals surface area (Å²) in [6.07, 6.45) is 0.874. The molecule has 1 amide bonds. The molecule has 0 saturated carbocycles. The predicted molar refractivity (Wildman–Crippen MR) is 76.1 cm³/mol. The van der Waals surface area contributed by atoms with Crippen LogP contribution in [0.4, 0.5) is 5.69 Å². The van der Waals surface area contributed by atoms with Gasteiger partial charge in [0, 0.05) is 12.2 Å². The van der Waals surface area contributed by atoms with E-state index in [4.69, 9.17) is 4.74 Å². The highest BCUT2D eigenvalue weighted by molar-refractivity contribution is 5.96. The molecule has 0 saturated heterocycles. The van der Waals surface area contributed by atoms with Gasteiger partial charge >= 0.3 is 0 Å². The van der Waals surface area contributed by atoms with Gasteiger partial charge in [-0.15, -0.1) is 0 Å². The summed E-state index contributed by atoms with van der Waals surface area (Å²) in [6, 6.07) is 14.5. The minimum atomic E-state index is -0.0989. The molecule has 102 valence electrons. The number of rotatable bonds is 3. The number of benzene rings is 2. The van der Waals surface area contributed by atoms with Crippen LogP contribution in [0.25, 0.3) is 0 Å². The lowest BCUT2D eigenvalue weighted by Crippen LogP contribution is -2.33. The second kappa shape index (κ2) is 5.25. The smallest absolute Gasteiger partial charge is 0.264 e. The number of amides is 1. The molecule has 2 aromatic rings. The Morgan fingerprint density at radius 2 is 1.90 bits per heavy atom. The van der Waals surface area contributed by atoms with Gasteiger partial charge in [-0.1, -0.05) is 30.3 Å². The first-order chi connectivity index (χ1) is 9.75. The molecular weight excluding hydrogens is 254 g/mol. The van der Waals surface area contributed by atoms with E-state index < -0.39 is 0 Å². The van der Waals surface area contributed by atoms with E-state index in [9.17, 15) is 9.90 Å². The maximum atomic E-state index is 12.2. The van der Waals surface area contributed by atoms with Crippen LogP contribution in [0, 0.1) is 0 Å². The topological polar surface area (TPSA) is 49.8 Å². The molecule has 0 aliphatic carbocycles. The fourth-order valence-corrected chi connectivity index (χ4v) is 2.39. The Labute approximate surface area is 117 Å². The zero-order valence-electron chi connectivity index (χ0n) is 11.0. The van der Waals surface area contributed by atoms with Gasteiger partial charge in [0.15, 0.2) is 18.1 Å². The van der Waals surface area contributed by atoms with Crippen molar-refractivity contribution in [3.8, 4) is 11.5 Å². The Morgan fingerprint density at radius 1 is 1.15 bits per heavy atom. The molecule has 3 rings (SSSR count). The molecule has 1 aliphatic heterocycles. The molecule has 0 bridgehead atoms. The SMILES string of the molecule is O=C(COc1ccccc1O)N1CCc2ccccc21. The van der Waals surface area contributed by atoms with Crippen molar-refractivity contribution in [2.24, 2.45) is 0 Å². The van der Waals surface area contributed by atoms with Crippen molar-refractivity contribution in [1.29, 1.82) is 0 Å². The molecule has 0 atom stereocenters. The lowest BCUT2D eigenvalue weighted by atomic mass is 10.2. The summed E-state index contributed by atoms with van der Waals surface area (Å²) >= 11 is 0. The first-order valence-electron chi connectivity index (χ1n) is 6.55. The second-order valence-electron chi connectivity index (χ2n) is 4.68. The Bertz CT molecular complexity index is 639. The third-order valence-electron chi connectivity index (χ3n) is 3.40. The highest BCUT2D eigenvalue weighted by Gasteiger charge is 2.24. The Morgan fingerprint density at radius 3 is 2.75 bits per heavy atom. The van der Waals surface area contributed by atoms with Gasteiger partial charge in [0.1, 0.15) is 0 Å². The molecule has 0 unspecified atom stereocenters. The first kappa shape index (κ1) is 12.5. The fraction of sp³-hybridized carbons (Fsp3) is 0.188. The predicted octanol–water partition coefficient (Wildman–Crippen LogP) is 2.36. The maximum Gasteiger partial charge on any atom is 0.264 e. The Balaban J connectivity index is 1.68. The normalized spacial score (nSPS) is 13.1. The monoisotopic (exact) mass is 269 g/mol. The molecule has 4 nitrogen and oxygen atoms in total. The summed E-state index contributed by atoms with van der Waals surface area (Å²) in [4.78, 5) is 13.9. The maximum absolute atomic E-state index is 12.2. The van der Waals surface area contributed by atoms with Crippen molar-refractivity contribution in [2.75, 3.05) is 18.1 Å². The lowest BCUT2D eigenvalue weighted by molar-refractivity contribution is -0.120. The fourth-order valence-electron chi connectivity index (χ4n) is 2.39. The largest absolute Gasteiger partial charge is 0.504 e. The van der Waals surface area contributed by atoms with E-state index in [-0.39, 0.29) is 18.3 Å². The van der Waals surface area contributed by atoms with Crippen LogP contribution >= 0.6 is 0 Å². The molecule has 1 aliphatic rings. The number of phenols is 1. The van der Waals surface area contributed by atoms with Crippen molar-refractivity contribution in [2.45, 2.75) is 6.42 Å². The second-order valence-corrected chi connectivity index (χ2v) is 4.68. The van der Waals surface area contributed by atoms with Gasteiger partial charge in [0.05, 0.1) is 0 Å². The molecule has 1 heterocycles. The summed E-state index contributed by atoms with van der Waals surface area (Å²) in [6.45, 7) is 0.605. The van der Waals surface area contributed by atoms with Crippen LogP contribution < -0.4 is 9.64 Å². The summed E-state index contributed by atoms with van der Waals surface area (Å²) in [5.41, 5.74) is 2.14. The number of para-hydroxylation sites is 3. The molecule has 1 N–H and O–H groups in total. The van der Waals surface area contributed by atoms with Gasteiger partial charge in [-0.05, 0) is 30.2 Å². The van der Waals surface area contributed by atoms with Crippen molar-refractivity contribution >= 4 is 11.6 Å². The number of ether oxygens (including phenoxy) is 1. The summed E-state index contributed by atoms with van der Waals surface area (Å²) in [5, 5.41) is 9.60. The third-order valence-corrected chi connectivity index (χ3v) is 3.40. The number of anilines is 1. The number of carbonyl (C=O) groups is 1. The minimum Gasteiger partial charge on any atom is -0.504 e. The molecule has 2 aromatic carbocycles. The van der Waals surface area contributed by atoms with E-state index in [0.717, 1.165) is 12.1 Å². The van der Waals surface area contributed by atoms with Gasteiger partial charge in [-0.25, -0.2) is 0 Å². The highest BCUT2D eigenvalue weighted by atomic mass is 16.5. The summed E-state index contributed by atoms with van der Waals surface area (Å²) < 4.78 is 5.38. The molecule has 0 spiro atoms. The van der Waals surface area contributed by atoms with Crippen LogP contribution in [0.5, 0.6) is 11.5 Å². The van der Waals surface area contributed by atoms with Crippen molar-refractivity contribution in [3.05, 3.63) is 54.1 Å². The van der Waals surface area contributed by atoms with Crippen LogP contribution in [0.1, 0.15) is 5.56 Å². The summed E-state index contributed by atoms with van der Waals surface area (Å²) in [7, 11) is 0. The number of hydrogen-bond acceptors (Lipinski definition) is 3. The van der Waals surface area contributed by atoms with E-state index in [1.54, 1.807) is 23.1 Å². The van der Waals surface area contributed by atoms with Crippen molar-refractivity contribution in [3.63, 3.8) is 0 Å². The van der Waals surface area contributed by atoms with E-state index in [0.29, 0.717) is 12.3 Å². The van der Waals surface area contributed by atoms with Gasteiger partial charge in [-0.2, -0.15) is 0 Å². The average Bonchev–Trinajstić information content (AvgIpc) is 2.90. The Kier molecular flexibility index (Phi) is 3.29. The molecule has 0 aromatic heterocycles. The molecule has 0 radical (unpaired) electrons. The standard InChI is InChI=1S/C16H15NO3/c18-14-7-3-4-8-15(14)20-11-16(19)17-10-9-12-5-1-2-6-13(12)17/h1-8,18H,9-11H2. The first-order valence-corrected chi connectivity index (χ1v) is 6.55. The molecular formula is C16H15NO3. The molecule has 20 heavy (non-hydrogen) atoms. The van der Waals surface area contributed by atoms with E-state index >= 15 is 0 Å². The number of fused-ring (bicyclic) bond motifs is 1. The van der Waals surface area contributed by atoms with Crippen molar-refractivity contribution in [1.82, 2.24) is 0 Å². The number of hydrogen-bond donors (Lipinski definition) is 1. The summed E-state index contributed by atoms with van der Waals surface area (Å²) in [5.74, 6) is 0.272. The number of aromatic hydroxyl groups is 1. The molecule has 0 fully saturated rings. The van der Waals surface area contributed by atoms with Crippen LogP contribution in [-0.4, -0.2) is 24.2 Å². The van der Waals surface area contributed by atoms with Gasteiger partial charge in [0.2, 0.25) is 0 Å². The highest BCUT2D eigenvalue weighted by Crippen LogP contribution is 2.28. The number of phenolic OH excluding ortho intramolecular Hbond substituents is 1. The van der Waals surface area contributed by atoms with Crippen LogP contribution in [-0.2, 0) is 11.2 Å². The average molecular weight is 269 g/mol. The third kappa shape index (κ3) is 2.32. The van der Waals surface area contributed by atoms with Crippen LogP contribution in [0.3, 0.4) is 0 Å². The van der Waals surface area contributed by atoms with Crippen LogP contribution in [0.15, 0.2) is 48.5 Å². The van der Waals surface area contributed by atoms with Gasteiger partial charge in [0.25, 0.3) is 5.91 Å². The molecule has 4 heteroatoms. The van der Waals surface area contributed by atoms with E-state index in [1.807, 2.05) is 24.3 Å². The number of carbonyl (C=O) groups excluding carboxylic acids is 1. The van der Waals surface area contributed by atoms with Gasteiger partial charge < -0.3 is 14.7 Å². The Hall–Kier alpha value is -2.49. The minimum absolute atomic E-state index is 0.0436. The number of nitrogens with zero attached hydrogens (tertiary/aromatic N) is 1. The van der Waals surface area contributed by atoms with Crippen molar-refractivity contribution < 1.29 is 14.6 Å². The zero-order chi connectivity index (χ0) is 13.9.